The van der Waals surface area contributed by atoms with Gasteiger partial charge in [0.15, 0.2) is 11.5 Å². The van der Waals surface area contributed by atoms with Crippen LogP contribution in [0.4, 0.5) is 11.4 Å². The molecule has 186 valence electrons. The van der Waals surface area contributed by atoms with Crippen LogP contribution in [0.5, 0.6) is 17.2 Å². The number of amides is 1. The topological polar surface area (TPSA) is 90.8 Å². The molecule has 0 fully saturated rings. The Hall–Kier alpha value is -4.46. The molecule has 4 aromatic rings. The van der Waals surface area contributed by atoms with Crippen molar-refractivity contribution in [1.29, 1.82) is 0 Å². The van der Waals surface area contributed by atoms with Crippen molar-refractivity contribution in [3.63, 3.8) is 0 Å². The number of pyridine rings is 1. The highest BCUT2D eigenvalue weighted by atomic mass is 16.5. The lowest BCUT2D eigenvalue weighted by molar-refractivity contribution is -0.116. The van der Waals surface area contributed by atoms with E-state index in [1.165, 1.54) is 11.7 Å². The maximum atomic E-state index is 13.5. The number of hydrogen-bond acceptors (Lipinski definition) is 6. The molecule has 8 nitrogen and oxygen atoms in total. The summed E-state index contributed by atoms with van der Waals surface area (Å²) < 4.78 is 17.6. The van der Waals surface area contributed by atoms with E-state index in [9.17, 15) is 9.59 Å². The number of rotatable bonds is 9. The maximum Gasteiger partial charge on any atom is 0.256 e. The van der Waals surface area contributed by atoms with Gasteiger partial charge in [0, 0.05) is 34.9 Å². The Morgan fingerprint density at radius 1 is 0.833 bits per heavy atom. The zero-order chi connectivity index (χ0) is 25.7. The highest BCUT2D eigenvalue weighted by Crippen LogP contribution is 2.32. The smallest absolute Gasteiger partial charge is 0.256 e. The summed E-state index contributed by atoms with van der Waals surface area (Å²) in [6, 6.07) is 20.3. The van der Waals surface area contributed by atoms with Crippen molar-refractivity contribution in [3.05, 3.63) is 88.2 Å². The lowest BCUT2D eigenvalue weighted by atomic mass is 10.1. The van der Waals surface area contributed by atoms with E-state index >= 15 is 0 Å². The monoisotopic (exact) mass is 487 g/mol. The average Bonchev–Trinajstić information content (AvgIpc) is 2.90. The minimum atomic E-state index is -0.308. The molecule has 1 aromatic heterocycles. The molecule has 0 aliphatic carbocycles. The van der Waals surface area contributed by atoms with Gasteiger partial charge < -0.3 is 24.8 Å². The minimum absolute atomic E-state index is 0.158. The zero-order valence-electron chi connectivity index (χ0n) is 20.8. The summed E-state index contributed by atoms with van der Waals surface area (Å²) in [4.78, 5) is 26.5. The first-order chi connectivity index (χ1) is 17.4. The van der Waals surface area contributed by atoms with Crippen molar-refractivity contribution >= 4 is 28.2 Å². The number of hydrogen-bond donors (Lipinski definition) is 2. The third kappa shape index (κ3) is 5.43. The molecule has 0 atom stereocenters. The van der Waals surface area contributed by atoms with Crippen LogP contribution < -0.4 is 30.4 Å². The van der Waals surface area contributed by atoms with E-state index < -0.39 is 0 Å². The number of fused-ring (bicyclic) bond motifs is 1. The van der Waals surface area contributed by atoms with E-state index in [1.807, 2.05) is 61.5 Å². The van der Waals surface area contributed by atoms with Crippen molar-refractivity contribution in [2.24, 2.45) is 0 Å². The Bertz CT molecular complexity index is 1430. The van der Waals surface area contributed by atoms with E-state index in [-0.39, 0.29) is 24.6 Å². The summed E-state index contributed by atoms with van der Waals surface area (Å²) in [5, 5.41) is 6.89. The SMILES string of the molecule is COc1ccc(NCc2cc3cc(OC)c(OC)cc3n(CC(=O)Nc3ccc(C)cc3)c2=O)cc1. The molecule has 8 heteroatoms. The van der Waals surface area contributed by atoms with E-state index in [2.05, 4.69) is 10.6 Å². The van der Waals surface area contributed by atoms with Crippen LogP contribution in [0.1, 0.15) is 11.1 Å². The number of aryl methyl sites for hydroxylation is 1. The fourth-order valence-electron chi connectivity index (χ4n) is 3.94. The van der Waals surface area contributed by atoms with E-state index in [4.69, 9.17) is 14.2 Å². The fourth-order valence-corrected chi connectivity index (χ4v) is 3.94. The number of benzene rings is 3. The Morgan fingerprint density at radius 2 is 1.47 bits per heavy atom. The zero-order valence-corrected chi connectivity index (χ0v) is 20.8. The van der Waals surface area contributed by atoms with Gasteiger partial charge in [-0.3, -0.25) is 14.2 Å². The van der Waals surface area contributed by atoms with Gasteiger partial charge in [-0.15, -0.1) is 0 Å². The number of methoxy groups -OCH3 is 3. The third-order valence-corrected chi connectivity index (χ3v) is 5.88. The Kier molecular flexibility index (Phi) is 7.44. The first-order valence-electron chi connectivity index (χ1n) is 11.4. The van der Waals surface area contributed by atoms with Crippen molar-refractivity contribution < 1.29 is 19.0 Å². The summed E-state index contributed by atoms with van der Waals surface area (Å²) in [5.41, 5.74) is 3.41. The molecule has 0 aliphatic heterocycles. The van der Waals surface area contributed by atoms with Crippen molar-refractivity contribution in [3.8, 4) is 17.2 Å². The summed E-state index contributed by atoms with van der Waals surface area (Å²) in [7, 11) is 4.70. The third-order valence-electron chi connectivity index (χ3n) is 5.88. The standard InChI is InChI=1S/C28H29N3O5/c1-18-5-7-22(8-6-18)30-27(32)17-31-24-15-26(36-4)25(35-3)14-19(24)13-20(28(31)33)16-29-21-9-11-23(34-2)12-10-21/h5-15,29H,16-17H2,1-4H3,(H,30,32). The van der Waals surface area contributed by atoms with E-state index in [1.54, 1.807) is 26.4 Å². The molecule has 4 rings (SSSR count). The number of nitrogens with one attached hydrogen (secondary N) is 2. The number of nitrogens with zero attached hydrogens (tertiary/aromatic N) is 1. The van der Waals surface area contributed by atoms with Gasteiger partial charge in [-0.25, -0.2) is 0 Å². The van der Waals surface area contributed by atoms with Crippen LogP contribution >= 0.6 is 0 Å². The summed E-state index contributed by atoms with van der Waals surface area (Å²) in [6.07, 6.45) is 0. The molecule has 0 radical (unpaired) electrons. The molecule has 0 spiro atoms. The molecular weight excluding hydrogens is 458 g/mol. The van der Waals surface area contributed by atoms with Gasteiger partial charge in [-0.1, -0.05) is 17.7 Å². The Balaban J connectivity index is 1.70. The Morgan fingerprint density at radius 3 is 2.11 bits per heavy atom. The van der Waals surface area contributed by atoms with Gasteiger partial charge >= 0.3 is 0 Å². The molecule has 36 heavy (non-hydrogen) atoms. The second kappa shape index (κ2) is 10.9. The van der Waals surface area contributed by atoms with Gasteiger partial charge in [0.1, 0.15) is 12.3 Å². The number of carbonyl (C=O) groups is 1. The van der Waals surface area contributed by atoms with Gasteiger partial charge in [0.2, 0.25) is 5.91 Å². The second-order valence-electron chi connectivity index (χ2n) is 8.32. The quantitative estimate of drug-likeness (QED) is 0.359. The molecule has 2 N–H and O–H groups in total. The molecule has 0 aliphatic rings. The number of aromatic nitrogens is 1. The largest absolute Gasteiger partial charge is 0.497 e. The molecule has 0 bridgehead atoms. The highest BCUT2D eigenvalue weighted by molar-refractivity contribution is 5.92. The molecule has 3 aromatic carbocycles. The molecule has 0 saturated carbocycles. The summed E-state index contributed by atoms with van der Waals surface area (Å²) >= 11 is 0. The van der Waals surface area contributed by atoms with Crippen LogP contribution in [0.2, 0.25) is 0 Å². The van der Waals surface area contributed by atoms with E-state index in [0.717, 1.165) is 22.4 Å². The van der Waals surface area contributed by atoms with Crippen LogP contribution in [0.15, 0.2) is 71.5 Å². The number of carbonyl (C=O) groups excluding carboxylic acids is 1. The molecule has 1 amide bonds. The molecular formula is C28H29N3O5. The van der Waals surface area contributed by atoms with Crippen LogP contribution in [-0.2, 0) is 17.9 Å². The van der Waals surface area contributed by atoms with Gasteiger partial charge in [-0.2, -0.15) is 0 Å². The lowest BCUT2D eigenvalue weighted by Crippen LogP contribution is -2.30. The number of anilines is 2. The molecule has 0 unspecified atom stereocenters. The van der Waals surface area contributed by atoms with Crippen LogP contribution in [-0.4, -0.2) is 31.8 Å². The molecule has 1 heterocycles. The number of ether oxygens (including phenoxy) is 3. The Labute approximate surface area is 209 Å². The van der Waals surface area contributed by atoms with Crippen LogP contribution in [0.25, 0.3) is 10.9 Å². The first-order valence-corrected chi connectivity index (χ1v) is 11.4. The predicted octanol–water partition coefficient (Wildman–Crippen LogP) is 4.59. The summed E-state index contributed by atoms with van der Waals surface area (Å²) in [6.45, 7) is 2.09. The van der Waals surface area contributed by atoms with Crippen molar-refractivity contribution in [2.45, 2.75) is 20.0 Å². The van der Waals surface area contributed by atoms with Crippen LogP contribution in [0, 0.1) is 6.92 Å². The second-order valence-corrected chi connectivity index (χ2v) is 8.32. The predicted molar refractivity (Wildman–Crippen MR) is 141 cm³/mol. The van der Waals surface area contributed by atoms with Gasteiger partial charge in [-0.05, 0) is 55.5 Å². The normalized spacial score (nSPS) is 10.7. The molecule has 0 saturated heterocycles. The highest BCUT2D eigenvalue weighted by Gasteiger charge is 2.16. The van der Waals surface area contributed by atoms with Crippen LogP contribution in [0.3, 0.4) is 0 Å². The first kappa shape index (κ1) is 24.7. The average molecular weight is 488 g/mol. The minimum Gasteiger partial charge on any atom is -0.497 e. The fraction of sp³-hybridized carbons (Fsp3) is 0.214. The van der Waals surface area contributed by atoms with Gasteiger partial charge in [0.05, 0.1) is 26.8 Å². The van der Waals surface area contributed by atoms with Crippen molar-refractivity contribution in [2.75, 3.05) is 32.0 Å². The lowest BCUT2D eigenvalue weighted by Gasteiger charge is -2.16. The summed E-state index contributed by atoms with van der Waals surface area (Å²) in [5.74, 6) is 1.45. The van der Waals surface area contributed by atoms with Gasteiger partial charge in [0.25, 0.3) is 5.56 Å². The maximum absolute atomic E-state index is 13.5. The van der Waals surface area contributed by atoms with Crippen molar-refractivity contribution in [1.82, 2.24) is 4.57 Å². The van der Waals surface area contributed by atoms with E-state index in [0.29, 0.717) is 28.3 Å².